The molecule has 15 heavy (non-hydrogen) atoms. The van der Waals surface area contributed by atoms with Crippen LogP contribution in [0.4, 0.5) is 0 Å². The van der Waals surface area contributed by atoms with Crippen LogP contribution >= 0.6 is 11.6 Å². The van der Waals surface area contributed by atoms with Gasteiger partial charge in [-0.2, -0.15) is 0 Å². The highest BCUT2D eigenvalue weighted by Crippen LogP contribution is 2.24. The van der Waals surface area contributed by atoms with Crippen LogP contribution in [-0.2, 0) is 0 Å². The summed E-state index contributed by atoms with van der Waals surface area (Å²) in [4.78, 5) is 11.8. The van der Waals surface area contributed by atoms with Crippen LogP contribution in [0.1, 0.15) is 29.6 Å². The van der Waals surface area contributed by atoms with Crippen molar-refractivity contribution in [3.05, 3.63) is 35.9 Å². The van der Waals surface area contributed by atoms with Crippen LogP contribution in [0.15, 0.2) is 30.3 Å². The predicted octanol–water partition coefficient (Wildman–Crippen LogP) is 2.58. The molecule has 0 saturated heterocycles. The van der Waals surface area contributed by atoms with Crippen LogP contribution in [0.25, 0.3) is 0 Å². The van der Waals surface area contributed by atoms with E-state index in [1.165, 1.54) is 0 Å². The van der Waals surface area contributed by atoms with Gasteiger partial charge in [-0.25, -0.2) is 0 Å². The maximum atomic E-state index is 11.8. The zero-order valence-electron chi connectivity index (χ0n) is 8.45. The standard InChI is InChI=1S/C12H14ClNO/c13-10-7-4-8-11(10)14-12(15)9-5-2-1-3-6-9/h1-3,5-6,10-11H,4,7-8H2,(H,14,15)/t10-,11-/m1/s1. The molecule has 1 N–H and O–H groups in total. The van der Waals surface area contributed by atoms with Gasteiger partial charge in [-0.05, 0) is 31.4 Å². The molecule has 0 unspecified atom stereocenters. The molecule has 0 bridgehead atoms. The normalized spacial score (nSPS) is 25.1. The molecule has 80 valence electrons. The lowest BCUT2D eigenvalue weighted by molar-refractivity contribution is 0.0938. The van der Waals surface area contributed by atoms with E-state index in [0.29, 0.717) is 5.56 Å². The highest BCUT2D eigenvalue weighted by molar-refractivity contribution is 6.21. The molecule has 0 heterocycles. The molecule has 2 rings (SSSR count). The number of hydrogen-bond acceptors (Lipinski definition) is 1. The van der Waals surface area contributed by atoms with Gasteiger partial charge in [0.05, 0.1) is 5.38 Å². The van der Waals surface area contributed by atoms with Crippen molar-refractivity contribution in [2.75, 3.05) is 0 Å². The number of nitrogens with one attached hydrogen (secondary N) is 1. The third kappa shape index (κ3) is 2.51. The third-order valence-corrected chi connectivity index (χ3v) is 3.31. The summed E-state index contributed by atoms with van der Waals surface area (Å²) in [6.45, 7) is 0. The van der Waals surface area contributed by atoms with Crippen molar-refractivity contribution in [3.8, 4) is 0 Å². The van der Waals surface area contributed by atoms with Crippen molar-refractivity contribution >= 4 is 17.5 Å². The Labute approximate surface area is 94.6 Å². The van der Waals surface area contributed by atoms with E-state index in [2.05, 4.69) is 5.32 Å². The minimum atomic E-state index is -0.0202. The van der Waals surface area contributed by atoms with E-state index in [4.69, 9.17) is 11.6 Å². The Morgan fingerprint density at radius 3 is 2.60 bits per heavy atom. The van der Waals surface area contributed by atoms with Crippen molar-refractivity contribution in [3.63, 3.8) is 0 Å². The first-order chi connectivity index (χ1) is 7.27. The van der Waals surface area contributed by atoms with Gasteiger partial charge in [-0.1, -0.05) is 18.2 Å². The van der Waals surface area contributed by atoms with E-state index >= 15 is 0 Å². The topological polar surface area (TPSA) is 29.1 Å². The van der Waals surface area contributed by atoms with Gasteiger partial charge < -0.3 is 5.32 Å². The van der Waals surface area contributed by atoms with Crippen molar-refractivity contribution < 1.29 is 4.79 Å². The Morgan fingerprint density at radius 1 is 1.27 bits per heavy atom. The number of halogens is 1. The summed E-state index contributed by atoms with van der Waals surface area (Å²) in [5.41, 5.74) is 0.702. The number of hydrogen-bond donors (Lipinski definition) is 1. The zero-order valence-corrected chi connectivity index (χ0v) is 9.20. The zero-order chi connectivity index (χ0) is 10.7. The second-order valence-corrected chi connectivity index (χ2v) is 4.45. The van der Waals surface area contributed by atoms with Crippen LogP contribution < -0.4 is 5.32 Å². The van der Waals surface area contributed by atoms with E-state index in [1.54, 1.807) is 0 Å². The van der Waals surface area contributed by atoms with Gasteiger partial charge in [-0.3, -0.25) is 4.79 Å². The average molecular weight is 224 g/mol. The van der Waals surface area contributed by atoms with Crippen molar-refractivity contribution in [1.82, 2.24) is 5.32 Å². The monoisotopic (exact) mass is 223 g/mol. The molecular formula is C12H14ClNO. The van der Waals surface area contributed by atoms with E-state index in [9.17, 15) is 4.79 Å². The van der Waals surface area contributed by atoms with Gasteiger partial charge in [0.2, 0.25) is 0 Å². The Kier molecular flexibility index (Phi) is 3.27. The summed E-state index contributed by atoms with van der Waals surface area (Å²) in [5, 5.41) is 3.07. The highest BCUT2D eigenvalue weighted by atomic mass is 35.5. The Hall–Kier alpha value is -1.02. The largest absolute Gasteiger partial charge is 0.348 e. The molecular weight excluding hydrogens is 210 g/mol. The highest BCUT2D eigenvalue weighted by Gasteiger charge is 2.26. The smallest absolute Gasteiger partial charge is 0.251 e. The van der Waals surface area contributed by atoms with Gasteiger partial charge in [0, 0.05) is 11.6 Å². The summed E-state index contributed by atoms with van der Waals surface area (Å²) < 4.78 is 0. The lowest BCUT2D eigenvalue weighted by atomic mass is 10.2. The van der Waals surface area contributed by atoms with Gasteiger partial charge in [0.25, 0.3) is 5.91 Å². The molecule has 1 aromatic carbocycles. The Morgan fingerprint density at radius 2 is 2.00 bits per heavy atom. The van der Waals surface area contributed by atoms with Crippen LogP contribution in [0.2, 0.25) is 0 Å². The first-order valence-corrected chi connectivity index (χ1v) is 5.71. The van der Waals surface area contributed by atoms with E-state index < -0.39 is 0 Å². The van der Waals surface area contributed by atoms with Crippen molar-refractivity contribution in [1.29, 1.82) is 0 Å². The minimum Gasteiger partial charge on any atom is -0.348 e. The maximum absolute atomic E-state index is 11.8. The summed E-state index contributed by atoms with van der Waals surface area (Å²) in [6, 6.07) is 9.39. The second-order valence-electron chi connectivity index (χ2n) is 3.89. The molecule has 1 saturated carbocycles. The first kappa shape index (κ1) is 10.5. The Bertz CT molecular complexity index is 339. The lowest BCUT2D eigenvalue weighted by Gasteiger charge is -2.15. The van der Waals surface area contributed by atoms with Crippen molar-refractivity contribution in [2.24, 2.45) is 0 Å². The number of amides is 1. The van der Waals surface area contributed by atoms with Gasteiger partial charge in [0.15, 0.2) is 0 Å². The molecule has 1 aliphatic carbocycles. The fourth-order valence-electron chi connectivity index (χ4n) is 1.92. The van der Waals surface area contributed by atoms with E-state index in [0.717, 1.165) is 19.3 Å². The molecule has 0 spiro atoms. The summed E-state index contributed by atoms with van der Waals surface area (Å²) in [5.74, 6) is -0.0202. The summed E-state index contributed by atoms with van der Waals surface area (Å²) in [6.07, 6.45) is 3.10. The fourth-order valence-corrected chi connectivity index (χ4v) is 2.26. The number of benzene rings is 1. The molecule has 1 amide bonds. The van der Waals surface area contributed by atoms with Gasteiger partial charge >= 0.3 is 0 Å². The van der Waals surface area contributed by atoms with Crippen LogP contribution in [0, 0.1) is 0 Å². The molecule has 3 heteroatoms. The predicted molar refractivity (Wildman–Crippen MR) is 61.2 cm³/mol. The molecule has 2 atom stereocenters. The SMILES string of the molecule is O=C(N[C@@H]1CCC[C@H]1Cl)c1ccccc1. The van der Waals surface area contributed by atoms with Crippen LogP contribution in [0.3, 0.4) is 0 Å². The van der Waals surface area contributed by atoms with Crippen molar-refractivity contribution in [2.45, 2.75) is 30.7 Å². The van der Waals surface area contributed by atoms with Crippen LogP contribution in [-0.4, -0.2) is 17.3 Å². The molecule has 0 radical (unpaired) electrons. The van der Waals surface area contributed by atoms with Crippen LogP contribution in [0.5, 0.6) is 0 Å². The molecule has 2 nitrogen and oxygen atoms in total. The molecule has 0 aromatic heterocycles. The summed E-state index contributed by atoms with van der Waals surface area (Å²) in [7, 11) is 0. The summed E-state index contributed by atoms with van der Waals surface area (Å²) >= 11 is 6.10. The number of carbonyl (C=O) groups excluding carboxylic acids is 1. The quantitative estimate of drug-likeness (QED) is 0.768. The fraction of sp³-hybridized carbons (Fsp3) is 0.417. The molecule has 0 aliphatic heterocycles. The van der Waals surface area contributed by atoms with E-state index in [-0.39, 0.29) is 17.3 Å². The molecule has 1 aromatic rings. The lowest BCUT2D eigenvalue weighted by Crippen LogP contribution is -2.37. The third-order valence-electron chi connectivity index (χ3n) is 2.78. The number of carbonyl (C=O) groups is 1. The number of rotatable bonds is 2. The minimum absolute atomic E-state index is 0.0202. The maximum Gasteiger partial charge on any atom is 0.251 e. The van der Waals surface area contributed by atoms with Gasteiger partial charge in [0.1, 0.15) is 0 Å². The van der Waals surface area contributed by atoms with E-state index in [1.807, 2.05) is 30.3 Å². The Balaban J connectivity index is 1.98. The van der Waals surface area contributed by atoms with Gasteiger partial charge in [-0.15, -0.1) is 11.6 Å². The average Bonchev–Trinajstić information content (AvgIpc) is 2.66. The molecule has 1 fully saturated rings. The second kappa shape index (κ2) is 4.67. The first-order valence-electron chi connectivity index (χ1n) is 5.27. The molecule has 1 aliphatic rings. The number of alkyl halides is 1.